The van der Waals surface area contributed by atoms with Gasteiger partial charge in [0.2, 0.25) is 0 Å². The zero-order valence-electron chi connectivity index (χ0n) is 9.53. The van der Waals surface area contributed by atoms with Crippen molar-refractivity contribution in [3.05, 3.63) is 0 Å². The quantitative estimate of drug-likeness (QED) is 0.418. The van der Waals surface area contributed by atoms with E-state index in [2.05, 4.69) is 0 Å². The van der Waals surface area contributed by atoms with E-state index in [-0.39, 0.29) is 25.2 Å². The van der Waals surface area contributed by atoms with E-state index in [1.807, 2.05) is 13.1 Å². The van der Waals surface area contributed by atoms with Crippen molar-refractivity contribution in [1.29, 1.82) is 0 Å². The van der Waals surface area contributed by atoms with E-state index in [1.165, 1.54) is 0 Å². The zero-order valence-corrected chi connectivity index (χ0v) is 10.5. The highest BCUT2D eigenvalue weighted by molar-refractivity contribution is 6.69. The summed E-state index contributed by atoms with van der Waals surface area (Å²) in [6.07, 6.45) is 0.612. The van der Waals surface area contributed by atoms with Crippen LogP contribution in [0.15, 0.2) is 0 Å². The molecular weight excluding hydrogens is 212 g/mol. The van der Waals surface area contributed by atoms with Crippen LogP contribution in [0, 0.1) is 0 Å². The van der Waals surface area contributed by atoms with Gasteiger partial charge in [0, 0.05) is 19.5 Å². The maximum atomic E-state index is 11.3. The molecule has 0 radical (unpaired) electrons. The molecule has 0 spiro atoms. The molecule has 0 bridgehead atoms. The molecule has 0 aromatic carbocycles. The lowest BCUT2D eigenvalue weighted by atomic mass is 10.3. The van der Waals surface area contributed by atoms with Crippen LogP contribution in [0.1, 0.15) is 12.8 Å². The Labute approximate surface area is 91.9 Å². The molecule has 0 aromatic heterocycles. The SMILES string of the molecule is C[Si](C)(O)CCCC(=O)OC(CN)CN. The molecule has 0 unspecified atom stereocenters. The molecule has 90 valence electrons. The van der Waals surface area contributed by atoms with E-state index in [9.17, 15) is 9.59 Å². The van der Waals surface area contributed by atoms with Crippen LogP contribution in [-0.2, 0) is 9.53 Å². The van der Waals surface area contributed by atoms with Crippen molar-refractivity contribution < 1.29 is 14.3 Å². The van der Waals surface area contributed by atoms with Crippen molar-refractivity contribution in [2.75, 3.05) is 13.1 Å². The first-order chi connectivity index (χ1) is 6.89. The molecule has 5 N–H and O–H groups in total. The molecule has 0 saturated heterocycles. The predicted octanol–water partition coefficient (Wildman–Crippen LogP) is -0.207. The third-order valence-corrected chi connectivity index (χ3v) is 3.57. The average Bonchev–Trinajstić information content (AvgIpc) is 2.12. The molecular formula is C9H22N2O3Si. The fourth-order valence-corrected chi connectivity index (χ4v) is 2.14. The molecule has 0 aliphatic rings. The minimum Gasteiger partial charge on any atom is -0.460 e. The monoisotopic (exact) mass is 234 g/mol. The molecule has 6 heteroatoms. The maximum Gasteiger partial charge on any atom is 0.306 e. The largest absolute Gasteiger partial charge is 0.460 e. The lowest BCUT2D eigenvalue weighted by Crippen LogP contribution is -2.33. The molecule has 0 atom stereocenters. The molecule has 0 amide bonds. The van der Waals surface area contributed by atoms with Gasteiger partial charge in [0.25, 0.3) is 0 Å². The van der Waals surface area contributed by atoms with Crippen LogP contribution in [0.3, 0.4) is 0 Å². The van der Waals surface area contributed by atoms with Crippen LogP contribution in [-0.4, -0.2) is 38.3 Å². The normalized spacial score (nSPS) is 11.9. The highest BCUT2D eigenvalue weighted by atomic mass is 28.4. The van der Waals surface area contributed by atoms with E-state index in [0.717, 1.165) is 0 Å². The Morgan fingerprint density at radius 3 is 2.33 bits per heavy atom. The van der Waals surface area contributed by atoms with Crippen LogP contribution >= 0.6 is 0 Å². The van der Waals surface area contributed by atoms with Crippen LogP contribution in [0.2, 0.25) is 19.1 Å². The van der Waals surface area contributed by atoms with Gasteiger partial charge in [-0.15, -0.1) is 0 Å². The summed E-state index contributed by atoms with van der Waals surface area (Å²) < 4.78 is 5.01. The van der Waals surface area contributed by atoms with Gasteiger partial charge in [-0.25, -0.2) is 0 Å². The molecule has 0 heterocycles. The van der Waals surface area contributed by atoms with Gasteiger partial charge in [0.15, 0.2) is 8.32 Å². The fourth-order valence-electron chi connectivity index (χ4n) is 1.10. The Hall–Kier alpha value is -0.433. The number of nitrogens with two attached hydrogens (primary N) is 2. The van der Waals surface area contributed by atoms with Crippen LogP contribution in [0.5, 0.6) is 0 Å². The summed E-state index contributed by atoms with van der Waals surface area (Å²) in [6, 6.07) is 0.706. The van der Waals surface area contributed by atoms with Crippen molar-refractivity contribution in [3.8, 4) is 0 Å². The van der Waals surface area contributed by atoms with Crippen molar-refractivity contribution >= 4 is 14.3 Å². The van der Waals surface area contributed by atoms with Gasteiger partial charge in [-0.2, -0.15) is 0 Å². The summed E-state index contributed by atoms with van der Waals surface area (Å²) >= 11 is 0. The standard InChI is InChI=1S/C9H22N2O3Si/c1-15(2,13)5-3-4-9(12)14-8(6-10)7-11/h8,13H,3-7,10-11H2,1-2H3. The van der Waals surface area contributed by atoms with E-state index in [4.69, 9.17) is 16.2 Å². The molecule has 0 aliphatic carbocycles. The molecule has 0 saturated carbocycles. The fraction of sp³-hybridized carbons (Fsp3) is 0.889. The van der Waals surface area contributed by atoms with Crippen molar-refractivity contribution in [3.63, 3.8) is 0 Å². The summed E-state index contributed by atoms with van der Waals surface area (Å²) in [6.45, 7) is 4.20. The van der Waals surface area contributed by atoms with Crippen molar-refractivity contribution in [1.82, 2.24) is 0 Å². The molecule has 5 nitrogen and oxygen atoms in total. The minimum absolute atomic E-state index is 0.252. The molecule has 0 aliphatic heterocycles. The number of carbonyl (C=O) groups is 1. The molecule has 15 heavy (non-hydrogen) atoms. The number of ether oxygens (including phenoxy) is 1. The predicted molar refractivity (Wildman–Crippen MR) is 61.7 cm³/mol. The summed E-state index contributed by atoms with van der Waals surface area (Å²) in [5, 5.41) is 0. The lowest BCUT2D eigenvalue weighted by molar-refractivity contribution is -0.148. The van der Waals surface area contributed by atoms with Gasteiger partial charge < -0.3 is 21.0 Å². The van der Waals surface area contributed by atoms with Gasteiger partial charge >= 0.3 is 5.97 Å². The maximum absolute atomic E-state index is 11.3. The first-order valence-corrected chi connectivity index (χ1v) is 8.36. The average molecular weight is 234 g/mol. The highest BCUT2D eigenvalue weighted by Gasteiger charge is 2.17. The summed E-state index contributed by atoms with van der Waals surface area (Å²) in [4.78, 5) is 20.8. The first kappa shape index (κ1) is 14.6. The van der Waals surface area contributed by atoms with Gasteiger partial charge in [-0.3, -0.25) is 4.79 Å². The molecule has 0 rings (SSSR count). The second kappa shape index (κ2) is 6.94. The highest BCUT2D eigenvalue weighted by Crippen LogP contribution is 2.10. The molecule has 0 fully saturated rings. The first-order valence-electron chi connectivity index (χ1n) is 5.21. The third-order valence-electron chi connectivity index (χ3n) is 1.99. The molecule has 0 aromatic rings. The van der Waals surface area contributed by atoms with E-state index >= 15 is 0 Å². The Morgan fingerprint density at radius 2 is 1.93 bits per heavy atom. The Morgan fingerprint density at radius 1 is 1.40 bits per heavy atom. The van der Waals surface area contributed by atoms with E-state index in [0.29, 0.717) is 18.9 Å². The van der Waals surface area contributed by atoms with E-state index in [1.54, 1.807) is 0 Å². The van der Waals surface area contributed by atoms with E-state index < -0.39 is 8.32 Å². The Bertz CT molecular complexity index is 190. The van der Waals surface area contributed by atoms with Gasteiger partial charge in [-0.05, 0) is 25.6 Å². The number of esters is 1. The number of hydrogen-bond acceptors (Lipinski definition) is 5. The number of hydrogen-bond donors (Lipinski definition) is 3. The van der Waals surface area contributed by atoms with Gasteiger partial charge in [0.05, 0.1) is 0 Å². The topological polar surface area (TPSA) is 98.6 Å². The second-order valence-electron chi connectivity index (χ2n) is 4.25. The van der Waals surface area contributed by atoms with Crippen LogP contribution in [0.4, 0.5) is 0 Å². The van der Waals surface area contributed by atoms with Crippen LogP contribution in [0.25, 0.3) is 0 Å². The minimum atomic E-state index is -2.04. The number of carbonyl (C=O) groups excluding carboxylic acids is 1. The Kier molecular flexibility index (Phi) is 6.74. The lowest BCUT2D eigenvalue weighted by Gasteiger charge is -2.15. The Balaban J connectivity index is 3.66. The van der Waals surface area contributed by atoms with Gasteiger partial charge in [0.1, 0.15) is 6.10 Å². The van der Waals surface area contributed by atoms with Crippen LogP contribution < -0.4 is 11.5 Å². The third kappa shape index (κ3) is 8.55. The van der Waals surface area contributed by atoms with Crippen molar-refractivity contribution in [2.24, 2.45) is 11.5 Å². The second-order valence-corrected chi connectivity index (χ2v) is 8.37. The van der Waals surface area contributed by atoms with Gasteiger partial charge in [-0.1, -0.05) is 0 Å². The summed E-state index contributed by atoms with van der Waals surface area (Å²) in [5.74, 6) is -0.283. The van der Waals surface area contributed by atoms with Crippen molar-refractivity contribution in [2.45, 2.75) is 38.1 Å². The summed E-state index contributed by atoms with van der Waals surface area (Å²) in [7, 11) is -2.04. The number of rotatable bonds is 7. The zero-order chi connectivity index (χ0) is 11.9. The smallest absolute Gasteiger partial charge is 0.306 e. The summed E-state index contributed by atoms with van der Waals surface area (Å²) in [5.41, 5.74) is 10.7.